The molecule has 1 aliphatic rings. The van der Waals surface area contributed by atoms with Gasteiger partial charge in [0.1, 0.15) is 11.3 Å². The second-order valence-corrected chi connectivity index (χ2v) is 7.05. The average Bonchev–Trinajstić information content (AvgIpc) is 2.74. The lowest BCUT2D eigenvalue weighted by Crippen LogP contribution is -2.40. The molecule has 7 heteroatoms. The highest BCUT2D eigenvalue weighted by Gasteiger charge is 2.26. The Morgan fingerprint density at radius 1 is 1.21 bits per heavy atom. The molecule has 1 aromatic carbocycles. The lowest BCUT2D eigenvalue weighted by molar-refractivity contribution is -0.120. The van der Waals surface area contributed by atoms with Gasteiger partial charge in [-0.25, -0.2) is 9.97 Å². The van der Waals surface area contributed by atoms with Gasteiger partial charge in [-0.05, 0) is 49.6 Å². The van der Waals surface area contributed by atoms with E-state index in [0.717, 1.165) is 47.6 Å². The number of methoxy groups -OCH3 is 1. The second-order valence-electron chi connectivity index (χ2n) is 7.05. The molecule has 7 nitrogen and oxygen atoms in total. The fraction of sp³-hybridized carbons (Fsp3) is 0.333. The maximum Gasteiger partial charge on any atom is 0.229 e. The molecule has 0 radical (unpaired) electrons. The van der Waals surface area contributed by atoms with Crippen molar-refractivity contribution in [2.75, 3.05) is 30.4 Å². The van der Waals surface area contributed by atoms with Crippen LogP contribution in [0.15, 0.2) is 42.9 Å². The van der Waals surface area contributed by atoms with Gasteiger partial charge in [-0.15, -0.1) is 0 Å². The molecule has 144 valence electrons. The van der Waals surface area contributed by atoms with E-state index in [1.807, 2.05) is 37.4 Å². The third-order valence-corrected chi connectivity index (χ3v) is 5.16. The molecule has 3 heterocycles. The van der Waals surface area contributed by atoms with Crippen LogP contribution in [0.1, 0.15) is 18.4 Å². The van der Waals surface area contributed by atoms with Gasteiger partial charge in [0.05, 0.1) is 24.9 Å². The van der Waals surface area contributed by atoms with Gasteiger partial charge in [-0.3, -0.25) is 9.78 Å². The lowest BCUT2D eigenvalue weighted by atomic mass is 9.96. The van der Waals surface area contributed by atoms with Crippen molar-refractivity contribution in [3.8, 4) is 5.75 Å². The minimum Gasteiger partial charge on any atom is -0.497 e. The summed E-state index contributed by atoms with van der Waals surface area (Å²) in [7, 11) is 1.64. The average molecular weight is 377 g/mol. The van der Waals surface area contributed by atoms with Crippen LogP contribution in [-0.2, 0) is 4.79 Å². The van der Waals surface area contributed by atoms with Crippen molar-refractivity contribution < 1.29 is 9.53 Å². The van der Waals surface area contributed by atoms with Crippen LogP contribution in [0.3, 0.4) is 0 Å². The number of anilines is 2. The van der Waals surface area contributed by atoms with Gasteiger partial charge in [0.25, 0.3) is 0 Å². The largest absolute Gasteiger partial charge is 0.497 e. The number of amides is 1. The third-order valence-electron chi connectivity index (χ3n) is 5.16. The summed E-state index contributed by atoms with van der Waals surface area (Å²) in [5.41, 5.74) is 4.18. The highest BCUT2D eigenvalue weighted by atomic mass is 16.5. The Hall–Kier alpha value is -3.22. The van der Waals surface area contributed by atoms with Crippen LogP contribution in [0.25, 0.3) is 11.2 Å². The first kappa shape index (κ1) is 18.2. The molecule has 0 saturated carbocycles. The lowest BCUT2D eigenvalue weighted by Gasteiger charge is -2.33. The first-order valence-electron chi connectivity index (χ1n) is 9.41. The molecular formula is C21H23N5O2. The van der Waals surface area contributed by atoms with Crippen molar-refractivity contribution in [1.29, 1.82) is 0 Å². The number of pyridine rings is 1. The molecule has 4 rings (SSSR count). The topological polar surface area (TPSA) is 80.2 Å². The van der Waals surface area contributed by atoms with Gasteiger partial charge in [-0.1, -0.05) is 0 Å². The minimum atomic E-state index is -0.0761. The molecule has 28 heavy (non-hydrogen) atoms. The fourth-order valence-electron chi connectivity index (χ4n) is 3.58. The highest BCUT2D eigenvalue weighted by Crippen LogP contribution is 2.26. The zero-order valence-corrected chi connectivity index (χ0v) is 16.1. The molecule has 1 saturated heterocycles. The Kier molecular flexibility index (Phi) is 5.06. The number of rotatable bonds is 4. The van der Waals surface area contributed by atoms with Crippen LogP contribution in [0.5, 0.6) is 5.75 Å². The summed E-state index contributed by atoms with van der Waals surface area (Å²) >= 11 is 0. The van der Waals surface area contributed by atoms with Crippen LogP contribution in [0, 0.1) is 12.8 Å². The van der Waals surface area contributed by atoms with Gasteiger partial charge in [0.2, 0.25) is 5.91 Å². The number of aromatic nitrogens is 3. The number of benzene rings is 1. The van der Waals surface area contributed by atoms with E-state index < -0.39 is 0 Å². The number of piperidine rings is 1. The van der Waals surface area contributed by atoms with Gasteiger partial charge < -0.3 is 15.0 Å². The number of ether oxygens (including phenoxy) is 1. The standard InChI is InChI=1S/C21H23N5O2/c1-14-10-17(28-2)5-6-18(14)25-21(27)15-4-3-9-26(13-15)16-11-19-20(24-12-16)23-8-7-22-19/h5-8,10-12,15H,3-4,9,13H2,1-2H3,(H,25,27). The molecule has 1 aliphatic heterocycles. The number of aryl methyl sites for hydroxylation is 1. The molecule has 2 aromatic heterocycles. The summed E-state index contributed by atoms with van der Waals surface area (Å²) in [6.07, 6.45) is 6.94. The predicted molar refractivity (Wildman–Crippen MR) is 109 cm³/mol. The third kappa shape index (κ3) is 3.74. The summed E-state index contributed by atoms with van der Waals surface area (Å²) in [5.74, 6) is 0.755. The zero-order chi connectivity index (χ0) is 19.5. The number of hydrogen-bond acceptors (Lipinski definition) is 6. The monoisotopic (exact) mass is 377 g/mol. The van der Waals surface area contributed by atoms with E-state index in [9.17, 15) is 4.79 Å². The molecule has 0 aliphatic carbocycles. The van der Waals surface area contributed by atoms with Crippen LogP contribution in [0.4, 0.5) is 11.4 Å². The summed E-state index contributed by atoms with van der Waals surface area (Å²) in [4.78, 5) is 28.0. The molecule has 0 spiro atoms. The maximum atomic E-state index is 12.9. The van der Waals surface area contributed by atoms with Crippen LogP contribution in [-0.4, -0.2) is 41.1 Å². The van der Waals surface area contributed by atoms with E-state index in [1.165, 1.54) is 0 Å². The van der Waals surface area contributed by atoms with E-state index in [1.54, 1.807) is 19.5 Å². The van der Waals surface area contributed by atoms with Crippen molar-refractivity contribution in [2.45, 2.75) is 19.8 Å². The van der Waals surface area contributed by atoms with Crippen molar-refractivity contribution in [3.63, 3.8) is 0 Å². The molecule has 0 bridgehead atoms. The summed E-state index contributed by atoms with van der Waals surface area (Å²) in [5, 5.41) is 3.07. The first-order chi connectivity index (χ1) is 13.6. The van der Waals surface area contributed by atoms with Crippen LogP contribution >= 0.6 is 0 Å². The van der Waals surface area contributed by atoms with Crippen molar-refractivity contribution in [1.82, 2.24) is 15.0 Å². The Labute approximate surface area is 163 Å². The smallest absolute Gasteiger partial charge is 0.229 e. The summed E-state index contributed by atoms with van der Waals surface area (Å²) in [6, 6.07) is 7.66. The maximum absolute atomic E-state index is 12.9. The van der Waals surface area contributed by atoms with E-state index >= 15 is 0 Å². The van der Waals surface area contributed by atoms with Crippen molar-refractivity contribution >= 4 is 28.4 Å². The predicted octanol–water partition coefficient (Wildman–Crippen LogP) is 3.20. The first-order valence-corrected chi connectivity index (χ1v) is 9.41. The van der Waals surface area contributed by atoms with Gasteiger partial charge in [-0.2, -0.15) is 0 Å². The minimum absolute atomic E-state index is 0.0477. The van der Waals surface area contributed by atoms with Gasteiger partial charge in [0, 0.05) is 31.2 Å². The number of carbonyl (C=O) groups is 1. The summed E-state index contributed by atoms with van der Waals surface area (Å²) < 4.78 is 5.23. The highest BCUT2D eigenvalue weighted by molar-refractivity contribution is 5.94. The van der Waals surface area contributed by atoms with E-state index in [2.05, 4.69) is 25.2 Å². The van der Waals surface area contributed by atoms with Gasteiger partial charge in [0.15, 0.2) is 5.65 Å². The Morgan fingerprint density at radius 2 is 2.07 bits per heavy atom. The van der Waals surface area contributed by atoms with Crippen molar-refractivity contribution in [2.24, 2.45) is 5.92 Å². The molecule has 1 amide bonds. The number of fused-ring (bicyclic) bond motifs is 1. The molecule has 1 atom stereocenters. The SMILES string of the molecule is COc1ccc(NC(=O)C2CCCN(c3cnc4nccnc4c3)C2)c(C)c1. The molecular weight excluding hydrogens is 354 g/mol. The molecule has 1 N–H and O–H groups in total. The van der Waals surface area contributed by atoms with Crippen LogP contribution < -0.4 is 15.0 Å². The normalized spacial score (nSPS) is 16.8. The van der Waals surface area contributed by atoms with Crippen molar-refractivity contribution in [3.05, 3.63) is 48.4 Å². The van der Waals surface area contributed by atoms with Gasteiger partial charge >= 0.3 is 0 Å². The van der Waals surface area contributed by atoms with E-state index in [4.69, 9.17) is 4.74 Å². The molecule has 1 unspecified atom stereocenters. The number of nitrogens with zero attached hydrogens (tertiary/aromatic N) is 4. The van der Waals surface area contributed by atoms with E-state index in [-0.39, 0.29) is 11.8 Å². The number of nitrogens with one attached hydrogen (secondary N) is 1. The molecule has 1 fully saturated rings. The Balaban J connectivity index is 1.47. The molecule has 3 aromatic rings. The second kappa shape index (κ2) is 7.80. The van der Waals surface area contributed by atoms with E-state index in [0.29, 0.717) is 12.2 Å². The summed E-state index contributed by atoms with van der Waals surface area (Å²) in [6.45, 7) is 3.53. The van der Waals surface area contributed by atoms with Crippen LogP contribution in [0.2, 0.25) is 0 Å². The number of hydrogen-bond donors (Lipinski definition) is 1. The fourth-order valence-corrected chi connectivity index (χ4v) is 3.58. The quantitative estimate of drug-likeness (QED) is 0.752. The zero-order valence-electron chi connectivity index (χ0n) is 16.1. The number of carbonyl (C=O) groups excluding carboxylic acids is 1. The Morgan fingerprint density at radius 3 is 2.89 bits per heavy atom. The Bertz CT molecular complexity index is 1010.